The summed E-state index contributed by atoms with van der Waals surface area (Å²) in [6.07, 6.45) is 0. The van der Waals surface area contributed by atoms with E-state index in [1.807, 2.05) is 0 Å². The maximum absolute atomic E-state index is 13.0. The first-order chi connectivity index (χ1) is 9.97. The highest BCUT2D eigenvalue weighted by Gasteiger charge is 2.17. The molecular formula is C14H9ClFNO4. The van der Waals surface area contributed by atoms with Gasteiger partial charge < -0.3 is 4.74 Å². The zero-order valence-corrected chi connectivity index (χ0v) is 11.3. The quantitative estimate of drug-likeness (QED) is 0.490. The van der Waals surface area contributed by atoms with Gasteiger partial charge >= 0.3 is 5.97 Å². The van der Waals surface area contributed by atoms with Gasteiger partial charge in [-0.05, 0) is 29.8 Å². The molecule has 0 fully saturated rings. The van der Waals surface area contributed by atoms with Gasteiger partial charge in [0.2, 0.25) is 0 Å². The number of nitro groups is 1. The number of ether oxygens (including phenoxy) is 1. The van der Waals surface area contributed by atoms with E-state index in [4.69, 9.17) is 16.3 Å². The van der Waals surface area contributed by atoms with E-state index in [1.165, 1.54) is 30.3 Å². The van der Waals surface area contributed by atoms with Crippen molar-refractivity contribution < 1.29 is 18.8 Å². The van der Waals surface area contributed by atoms with Gasteiger partial charge in [0.05, 0.1) is 10.5 Å². The molecule has 21 heavy (non-hydrogen) atoms. The Morgan fingerprint density at radius 1 is 1.29 bits per heavy atom. The third-order valence-electron chi connectivity index (χ3n) is 2.64. The highest BCUT2D eigenvalue weighted by atomic mass is 35.5. The van der Waals surface area contributed by atoms with Gasteiger partial charge in [-0.2, -0.15) is 0 Å². The molecule has 0 aromatic heterocycles. The molecule has 0 aliphatic rings. The minimum absolute atomic E-state index is 0.00232. The summed E-state index contributed by atoms with van der Waals surface area (Å²) in [5.74, 6) is -1.19. The molecule has 2 aromatic carbocycles. The number of hydrogen-bond acceptors (Lipinski definition) is 4. The second kappa shape index (κ2) is 6.32. The number of nitrogens with zero attached hydrogens (tertiary/aromatic N) is 1. The Labute approximate surface area is 124 Å². The molecular weight excluding hydrogens is 301 g/mol. The van der Waals surface area contributed by atoms with Crippen LogP contribution in [0.2, 0.25) is 5.02 Å². The molecule has 7 heteroatoms. The zero-order valence-electron chi connectivity index (χ0n) is 10.6. The first kappa shape index (κ1) is 14.9. The molecule has 0 unspecified atom stereocenters. The minimum atomic E-state index is -0.751. The van der Waals surface area contributed by atoms with Crippen LogP contribution in [0.5, 0.6) is 0 Å². The molecule has 2 rings (SSSR count). The number of carbonyl (C=O) groups excluding carboxylic acids is 1. The van der Waals surface area contributed by atoms with Crippen molar-refractivity contribution in [3.8, 4) is 0 Å². The van der Waals surface area contributed by atoms with E-state index >= 15 is 0 Å². The highest BCUT2D eigenvalue weighted by molar-refractivity contribution is 6.32. The highest BCUT2D eigenvalue weighted by Crippen LogP contribution is 2.25. The summed E-state index contributed by atoms with van der Waals surface area (Å²) in [5.41, 5.74) is 0.103. The normalized spacial score (nSPS) is 10.2. The predicted octanol–water partition coefficient (Wildman–Crippen LogP) is 3.74. The standard InChI is InChI=1S/C14H9ClFNO4/c15-12-5-4-10(7-13(12)17(19)20)14(18)21-8-9-2-1-3-11(16)6-9/h1-7H,8H2. The van der Waals surface area contributed by atoms with Crippen LogP contribution >= 0.6 is 11.6 Å². The van der Waals surface area contributed by atoms with E-state index in [0.717, 1.165) is 6.07 Å². The van der Waals surface area contributed by atoms with Gasteiger partial charge in [0.15, 0.2) is 0 Å². The summed E-state index contributed by atoms with van der Waals surface area (Å²) in [7, 11) is 0. The predicted molar refractivity (Wildman–Crippen MR) is 73.6 cm³/mol. The number of halogens is 2. The van der Waals surface area contributed by atoms with Crippen LogP contribution in [0.1, 0.15) is 15.9 Å². The Hall–Kier alpha value is -2.47. The molecule has 0 amide bonds. The van der Waals surface area contributed by atoms with E-state index in [2.05, 4.69) is 0 Å². The first-order valence-corrected chi connectivity index (χ1v) is 6.20. The summed E-state index contributed by atoms with van der Waals surface area (Å²) in [6, 6.07) is 9.20. The smallest absolute Gasteiger partial charge is 0.338 e. The van der Waals surface area contributed by atoms with Gasteiger partial charge in [0.1, 0.15) is 17.4 Å². The van der Waals surface area contributed by atoms with Gasteiger partial charge in [-0.1, -0.05) is 23.7 Å². The van der Waals surface area contributed by atoms with Gasteiger partial charge in [-0.3, -0.25) is 10.1 Å². The van der Waals surface area contributed by atoms with Crippen molar-refractivity contribution in [2.75, 3.05) is 0 Å². The lowest BCUT2D eigenvalue weighted by Crippen LogP contribution is -2.06. The van der Waals surface area contributed by atoms with Crippen LogP contribution in [0.15, 0.2) is 42.5 Å². The van der Waals surface area contributed by atoms with Gasteiger partial charge in [-0.25, -0.2) is 9.18 Å². The number of nitro benzene ring substituents is 1. The SMILES string of the molecule is O=C(OCc1cccc(F)c1)c1ccc(Cl)c([N+](=O)[O-])c1. The Morgan fingerprint density at radius 3 is 2.71 bits per heavy atom. The number of rotatable bonds is 4. The third-order valence-corrected chi connectivity index (χ3v) is 2.96. The summed E-state index contributed by atoms with van der Waals surface area (Å²) >= 11 is 5.65. The van der Waals surface area contributed by atoms with E-state index in [9.17, 15) is 19.3 Å². The monoisotopic (exact) mass is 309 g/mol. The molecule has 0 radical (unpaired) electrons. The van der Waals surface area contributed by atoms with Crippen molar-refractivity contribution in [1.29, 1.82) is 0 Å². The average Bonchev–Trinajstić information content (AvgIpc) is 2.45. The van der Waals surface area contributed by atoms with E-state index < -0.39 is 16.7 Å². The lowest BCUT2D eigenvalue weighted by molar-refractivity contribution is -0.384. The number of benzene rings is 2. The molecule has 0 bridgehead atoms. The van der Waals surface area contributed by atoms with Crippen molar-refractivity contribution in [3.63, 3.8) is 0 Å². The van der Waals surface area contributed by atoms with Crippen molar-refractivity contribution in [2.45, 2.75) is 6.61 Å². The molecule has 2 aromatic rings. The lowest BCUT2D eigenvalue weighted by atomic mass is 10.2. The van der Waals surface area contributed by atoms with Crippen molar-refractivity contribution in [2.24, 2.45) is 0 Å². The van der Waals surface area contributed by atoms with Crippen LogP contribution in [0, 0.1) is 15.9 Å². The second-order valence-electron chi connectivity index (χ2n) is 4.13. The lowest BCUT2D eigenvalue weighted by Gasteiger charge is -2.05. The summed E-state index contributed by atoms with van der Waals surface area (Å²) in [4.78, 5) is 21.9. The van der Waals surface area contributed by atoms with Crippen molar-refractivity contribution in [3.05, 3.63) is 74.5 Å². The molecule has 0 aliphatic heterocycles. The Kier molecular flexibility index (Phi) is 4.49. The average molecular weight is 310 g/mol. The molecule has 0 N–H and O–H groups in total. The van der Waals surface area contributed by atoms with Gasteiger partial charge in [0.25, 0.3) is 5.69 Å². The van der Waals surface area contributed by atoms with Crippen LogP contribution in [0.3, 0.4) is 0 Å². The summed E-state index contributed by atoms with van der Waals surface area (Å²) in [6.45, 7) is -0.132. The fraction of sp³-hybridized carbons (Fsp3) is 0.0714. The fourth-order valence-electron chi connectivity index (χ4n) is 1.64. The number of esters is 1. The first-order valence-electron chi connectivity index (χ1n) is 5.83. The summed E-state index contributed by atoms with van der Waals surface area (Å²) in [5, 5.41) is 10.7. The zero-order chi connectivity index (χ0) is 15.4. The second-order valence-corrected chi connectivity index (χ2v) is 4.54. The van der Waals surface area contributed by atoms with Gasteiger partial charge in [-0.15, -0.1) is 0 Å². The topological polar surface area (TPSA) is 69.4 Å². The molecule has 0 saturated carbocycles. The number of hydrogen-bond donors (Lipinski definition) is 0. The fourth-order valence-corrected chi connectivity index (χ4v) is 1.83. The molecule has 0 spiro atoms. The number of carbonyl (C=O) groups is 1. The van der Waals surface area contributed by atoms with Gasteiger partial charge in [0, 0.05) is 6.07 Å². The minimum Gasteiger partial charge on any atom is -0.457 e. The maximum Gasteiger partial charge on any atom is 0.338 e. The van der Waals surface area contributed by atoms with E-state index in [1.54, 1.807) is 6.07 Å². The molecule has 0 aliphatic carbocycles. The van der Waals surface area contributed by atoms with Crippen LogP contribution < -0.4 is 0 Å². The molecule has 0 saturated heterocycles. The van der Waals surface area contributed by atoms with E-state index in [-0.39, 0.29) is 22.9 Å². The third kappa shape index (κ3) is 3.76. The maximum atomic E-state index is 13.0. The molecule has 0 atom stereocenters. The Balaban J connectivity index is 2.10. The van der Waals surface area contributed by atoms with Crippen molar-refractivity contribution in [1.82, 2.24) is 0 Å². The molecule has 0 heterocycles. The van der Waals surface area contributed by atoms with E-state index in [0.29, 0.717) is 5.56 Å². The van der Waals surface area contributed by atoms with Crippen LogP contribution in [-0.2, 0) is 11.3 Å². The summed E-state index contributed by atoms with van der Waals surface area (Å²) < 4.78 is 17.9. The van der Waals surface area contributed by atoms with Crippen molar-refractivity contribution >= 4 is 23.3 Å². The van der Waals surface area contributed by atoms with Crippen LogP contribution in [0.4, 0.5) is 10.1 Å². The molecule has 108 valence electrons. The largest absolute Gasteiger partial charge is 0.457 e. The Bertz CT molecular complexity index is 705. The van der Waals surface area contributed by atoms with Crippen LogP contribution in [-0.4, -0.2) is 10.9 Å². The Morgan fingerprint density at radius 2 is 2.05 bits per heavy atom. The van der Waals surface area contributed by atoms with Crippen LogP contribution in [0.25, 0.3) is 0 Å². The molecule has 5 nitrogen and oxygen atoms in total.